The van der Waals surface area contributed by atoms with Crippen molar-refractivity contribution in [3.05, 3.63) is 11.8 Å². The fourth-order valence-corrected chi connectivity index (χ4v) is 7.32. The van der Waals surface area contributed by atoms with Gasteiger partial charge in [-0.1, -0.05) is 68.2 Å². The summed E-state index contributed by atoms with van der Waals surface area (Å²) in [7, 11) is -0.402. The van der Waals surface area contributed by atoms with E-state index in [2.05, 4.69) is 63.8 Å². The molecule has 0 aromatic carbocycles. The fourth-order valence-electron chi connectivity index (χ4n) is 6.04. The first-order chi connectivity index (χ1) is 22.9. The summed E-state index contributed by atoms with van der Waals surface area (Å²) in [5.74, 6) is 1.45. The zero-order chi connectivity index (χ0) is 37.1. The maximum absolute atomic E-state index is 14.8. The van der Waals surface area contributed by atoms with Crippen LogP contribution in [0.5, 0.6) is 0 Å². The Morgan fingerprint density at radius 1 is 1.18 bits per heavy atom. The first-order valence-electron chi connectivity index (χ1n) is 18.4. The van der Waals surface area contributed by atoms with Crippen LogP contribution in [-0.2, 0) is 28.4 Å². The minimum absolute atomic E-state index is 0.0466. The van der Waals surface area contributed by atoms with E-state index < -0.39 is 32.5 Å². The highest BCUT2D eigenvalue weighted by Crippen LogP contribution is 2.39. The summed E-state index contributed by atoms with van der Waals surface area (Å²) >= 11 is 0. The average molecular weight is 703 g/mol. The zero-order valence-corrected chi connectivity index (χ0v) is 33.6. The number of amides is 2. The quantitative estimate of drug-likeness (QED) is 0.0570. The Kier molecular flexibility index (Phi) is 16.7. The number of carbonyl (C=O) groups is 3. The lowest BCUT2D eigenvalue weighted by Gasteiger charge is -2.43. The molecule has 10 nitrogen and oxygen atoms in total. The topological polar surface area (TPSA) is 110 Å². The van der Waals surface area contributed by atoms with Crippen LogP contribution in [0.15, 0.2) is 16.8 Å². The van der Waals surface area contributed by atoms with Crippen LogP contribution in [0.2, 0.25) is 18.1 Å². The molecule has 1 fully saturated rings. The summed E-state index contributed by atoms with van der Waals surface area (Å²) in [5.41, 5.74) is 1.02. The van der Waals surface area contributed by atoms with E-state index >= 15 is 0 Å². The number of ether oxygens (including phenoxy) is 1. The standard InChI is InChI=1S/C38H66N4O6Si/c1-14-17-20-23-47-42(36(44)34(27(6)15-2)40-35(43)30-21-18-19-22-41(30)11)31(26(4)5)25-32(48-49(12,13)38(8,9)10)33-28(7)24-29(39-33)37(45)46-16-3/h1,24,26-28,30-32,34H,15-23,25H2,2-13H3,(H,40,43)/t27-,28+,30+,31+,32+,34-/m0/s1. The molecular weight excluding hydrogens is 637 g/mol. The number of likely N-dealkylation sites (tertiary alicyclic amines) is 1. The lowest BCUT2D eigenvalue weighted by atomic mass is 9.90. The van der Waals surface area contributed by atoms with Crippen LogP contribution in [0.1, 0.15) is 107 Å². The van der Waals surface area contributed by atoms with Crippen LogP contribution in [0, 0.1) is 30.1 Å². The van der Waals surface area contributed by atoms with Crippen LogP contribution in [0.25, 0.3) is 0 Å². The van der Waals surface area contributed by atoms with Gasteiger partial charge in [0.15, 0.2) is 8.32 Å². The van der Waals surface area contributed by atoms with Crippen molar-refractivity contribution in [2.24, 2.45) is 22.7 Å². The molecular formula is C38H66N4O6Si. The number of nitrogens with zero attached hydrogens (tertiary/aromatic N) is 3. The van der Waals surface area contributed by atoms with Gasteiger partial charge in [-0.25, -0.2) is 14.9 Å². The Balaban J connectivity index is 2.59. The van der Waals surface area contributed by atoms with E-state index in [0.717, 1.165) is 31.5 Å². The molecule has 2 aliphatic rings. The highest BCUT2D eigenvalue weighted by Gasteiger charge is 2.44. The predicted octanol–water partition coefficient (Wildman–Crippen LogP) is 6.52. The van der Waals surface area contributed by atoms with Gasteiger partial charge in [0, 0.05) is 18.8 Å². The number of esters is 1. The van der Waals surface area contributed by atoms with E-state index in [1.165, 1.54) is 5.06 Å². The lowest BCUT2D eigenvalue weighted by Crippen LogP contribution is -2.59. The number of hydrogen-bond donors (Lipinski definition) is 1. The molecule has 1 N–H and O–H groups in total. The maximum Gasteiger partial charge on any atom is 0.356 e. The zero-order valence-electron chi connectivity index (χ0n) is 32.6. The molecule has 6 atom stereocenters. The number of rotatable bonds is 18. The number of likely N-dealkylation sites (N-methyl/N-ethyl adjacent to an activating group) is 1. The molecule has 0 aromatic heterocycles. The molecule has 2 heterocycles. The molecule has 0 aromatic rings. The van der Waals surface area contributed by atoms with Crippen molar-refractivity contribution in [3.8, 4) is 12.3 Å². The number of carbonyl (C=O) groups excluding carboxylic acids is 3. The third kappa shape index (κ3) is 11.8. The molecule has 2 rings (SSSR count). The van der Waals surface area contributed by atoms with Crippen LogP contribution in [0.3, 0.4) is 0 Å². The summed E-state index contributed by atoms with van der Waals surface area (Å²) in [4.78, 5) is 54.5. The van der Waals surface area contributed by atoms with Crippen LogP contribution in [-0.4, -0.2) is 92.8 Å². The highest BCUT2D eigenvalue weighted by molar-refractivity contribution is 6.74. The largest absolute Gasteiger partial charge is 0.461 e. The third-order valence-corrected chi connectivity index (χ3v) is 15.0. The van der Waals surface area contributed by atoms with E-state index in [-0.39, 0.29) is 59.6 Å². The number of hydrogen-bond acceptors (Lipinski definition) is 8. The summed E-state index contributed by atoms with van der Waals surface area (Å²) in [6.07, 6.45) is 11.9. The SMILES string of the molecule is C#CCCCON(C(=O)[C@@H](NC(=O)[C@H]1CCCCN1C)[C@@H](C)CC)[C@H](C[C@@H](O[Si](C)(C)C(C)(C)C)C1=NC(C(=O)OCC)=C[C@H]1C)C(C)C. The van der Waals surface area contributed by atoms with Crippen molar-refractivity contribution in [2.45, 2.75) is 150 Å². The number of hydroxylamine groups is 2. The molecule has 0 bridgehead atoms. The molecule has 11 heteroatoms. The van der Waals surface area contributed by atoms with Crippen LogP contribution in [0.4, 0.5) is 0 Å². The second-order valence-corrected chi connectivity index (χ2v) is 20.4. The Bertz CT molecular complexity index is 1220. The molecule has 0 unspecified atom stereocenters. The molecule has 2 aliphatic heterocycles. The second kappa shape index (κ2) is 19.2. The second-order valence-electron chi connectivity index (χ2n) is 15.7. The van der Waals surface area contributed by atoms with Gasteiger partial charge in [0.2, 0.25) is 5.91 Å². The minimum atomic E-state index is -2.37. The van der Waals surface area contributed by atoms with E-state index in [1.807, 2.05) is 33.9 Å². The maximum atomic E-state index is 14.8. The van der Waals surface area contributed by atoms with Gasteiger partial charge >= 0.3 is 5.97 Å². The molecule has 0 saturated carbocycles. The van der Waals surface area contributed by atoms with Gasteiger partial charge in [0.05, 0.1) is 37.1 Å². The van der Waals surface area contributed by atoms with Gasteiger partial charge in [-0.3, -0.25) is 19.3 Å². The summed E-state index contributed by atoms with van der Waals surface area (Å²) in [5, 5.41) is 4.56. The monoisotopic (exact) mass is 702 g/mol. The molecule has 2 amide bonds. The Labute approximate surface area is 298 Å². The average Bonchev–Trinajstić information content (AvgIpc) is 3.42. The van der Waals surface area contributed by atoms with E-state index in [0.29, 0.717) is 25.7 Å². The number of terminal acetylenes is 1. The van der Waals surface area contributed by atoms with Gasteiger partial charge in [-0.2, -0.15) is 0 Å². The van der Waals surface area contributed by atoms with E-state index in [1.54, 1.807) is 6.92 Å². The molecule has 1 saturated heterocycles. The summed E-state index contributed by atoms with van der Waals surface area (Å²) in [6, 6.07) is -1.49. The highest BCUT2D eigenvalue weighted by atomic mass is 28.4. The van der Waals surface area contributed by atoms with E-state index in [9.17, 15) is 14.4 Å². The minimum Gasteiger partial charge on any atom is -0.461 e. The number of aliphatic imine (C=N–C) groups is 1. The fraction of sp³-hybridized carbons (Fsp3) is 0.789. The Hall–Kier alpha value is -2.52. The normalized spacial score (nSPS) is 21.2. The van der Waals surface area contributed by atoms with Gasteiger partial charge < -0.3 is 14.5 Å². The van der Waals surface area contributed by atoms with Crippen LogP contribution < -0.4 is 5.32 Å². The van der Waals surface area contributed by atoms with Gasteiger partial charge in [-0.15, -0.1) is 12.3 Å². The smallest absolute Gasteiger partial charge is 0.356 e. The predicted molar refractivity (Wildman–Crippen MR) is 199 cm³/mol. The van der Waals surface area contributed by atoms with Crippen molar-refractivity contribution in [1.82, 2.24) is 15.3 Å². The first-order valence-corrected chi connectivity index (χ1v) is 21.4. The van der Waals surface area contributed by atoms with E-state index in [4.69, 9.17) is 25.4 Å². The molecule has 0 aliphatic carbocycles. The van der Waals surface area contributed by atoms with Crippen molar-refractivity contribution in [2.75, 3.05) is 26.8 Å². The molecule has 49 heavy (non-hydrogen) atoms. The van der Waals surface area contributed by atoms with Crippen LogP contribution >= 0.6 is 0 Å². The third-order valence-electron chi connectivity index (χ3n) is 10.5. The van der Waals surface area contributed by atoms with Crippen molar-refractivity contribution < 1.29 is 28.4 Å². The van der Waals surface area contributed by atoms with Crippen molar-refractivity contribution in [3.63, 3.8) is 0 Å². The number of nitrogens with one attached hydrogen (secondary N) is 1. The summed E-state index contributed by atoms with van der Waals surface area (Å²) in [6.45, 7) is 24.2. The Morgan fingerprint density at radius 3 is 2.41 bits per heavy atom. The number of allylic oxidation sites excluding steroid dienone is 1. The first kappa shape index (κ1) is 42.6. The van der Waals surface area contributed by atoms with Gasteiger partial charge in [0.1, 0.15) is 11.7 Å². The van der Waals surface area contributed by atoms with Crippen molar-refractivity contribution >= 4 is 31.8 Å². The van der Waals surface area contributed by atoms with Gasteiger partial charge in [-0.05, 0) is 75.8 Å². The molecule has 0 radical (unpaired) electrons. The molecule has 0 spiro atoms. The number of piperidine rings is 1. The van der Waals surface area contributed by atoms with Gasteiger partial charge in [0.25, 0.3) is 5.91 Å². The molecule has 278 valence electrons. The Morgan fingerprint density at radius 2 is 1.86 bits per heavy atom. The van der Waals surface area contributed by atoms with Crippen molar-refractivity contribution in [1.29, 1.82) is 0 Å². The lowest BCUT2D eigenvalue weighted by molar-refractivity contribution is -0.211. The number of unbranched alkanes of at least 4 members (excludes halogenated alkanes) is 1. The summed E-state index contributed by atoms with van der Waals surface area (Å²) < 4.78 is 12.4.